The van der Waals surface area contributed by atoms with Crippen LogP contribution in [0.2, 0.25) is 0 Å². The van der Waals surface area contributed by atoms with Crippen LogP contribution in [0.4, 0.5) is 0 Å². The summed E-state index contributed by atoms with van der Waals surface area (Å²) in [6, 6.07) is 9.56. The van der Waals surface area contributed by atoms with Gasteiger partial charge in [-0.1, -0.05) is 19.4 Å². The number of rotatable bonds is 5. The summed E-state index contributed by atoms with van der Waals surface area (Å²) in [6.45, 7) is 3.30. The Balaban J connectivity index is 1.82. The Kier molecular flexibility index (Phi) is 5.20. The van der Waals surface area contributed by atoms with Gasteiger partial charge >= 0.3 is 0 Å². The molecule has 1 unspecified atom stereocenters. The monoisotopic (exact) mass is 394 g/mol. The smallest absolute Gasteiger partial charge is 0.295 e. The standard InChI is InChI=1S/C22H22N2O5/c1-2-3-10-24-19(15-6-4-5-9-23-15)18(21(26)22(24)27)20(25)14-7-8-16-17(13-14)29-12-11-28-16/h4-9,13,19,25H,2-3,10-12H2,1H3/b20-18-. The lowest BCUT2D eigenvalue weighted by Crippen LogP contribution is -2.31. The van der Waals surface area contributed by atoms with Gasteiger partial charge in [0.2, 0.25) is 0 Å². The fraction of sp³-hybridized carbons (Fsp3) is 0.318. The zero-order valence-corrected chi connectivity index (χ0v) is 16.1. The van der Waals surface area contributed by atoms with Crippen LogP contribution >= 0.6 is 0 Å². The highest BCUT2D eigenvalue weighted by Crippen LogP contribution is 2.40. The van der Waals surface area contributed by atoms with Gasteiger partial charge in [-0.3, -0.25) is 14.6 Å². The largest absolute Gasteiger partial charge is 0.507 e. The Morgan fingerprint density at radius 1 is 1.17 bits per heavy atom. The number of hydrogen-bond acceptors (Lipinski definition) is 6. The third-order valence-corrected chi connectivity index (χ3v) is 5.08. The first-order valence-corrected chi connectivity index (χ1v) is 9.71. The molecule has 4 rings (SSSR count). The van der Waals surface area contributed by atoms with E-state index >= 15 is 0 Å². The summed E-state index contributed by atoms with van der Waals surface area (Å²) in [6.07, 6.45) is 3.24. The summed E-state index contributed by atoms with van der Waals surface area (Å²) in [4.78, 5) is 31.5. The molecule has 150 valence electrons. The minimum Gasteiger partial charge on any atom is -0.507 e. The number of likely N-dealkylation sites (tertiary alicyclic amines) is 1. The normalized spacial score (nSPS) is 20.2. The van der Waals surface area contributed by atoms with E-state index in [9.17, 15) is 14.7 Å². The Hall–Kier alpha value is -3.35. The van der Waals surface area contributed by atoms with E-state index in [-0.39, 0.29) is 11.3 Å². The number of fused-ring (bicyclic) bond motifs is 1. The third kappa shape index (κ3) is 3.44. The van der Waals surface area contributed by atoms with Gasteiger partial charge in [0.1, 0.15) is 25.0 Å². The van der Waals surface area contributed by atoms with Gasteiger partial charge in [0.05, 0.1) is 11.3 Å². The van der Waals surface area contributed by atoms with Gasteiger partial charge in [-0.25, -0.2) is 0 Å². The molecule has 1 N–H and O–H groups in total. The van der Waals surface area contributed by atoms with E-state index < -0.39 is 17.7 Å². The van der Waals surface area contributed by atoms with Gasteiger partial charge < -0.3 is 19.5 Å². The second-order valence-corrected chi connectivity index (χ2v) is 6.96. The lowest BCUT2D eigenvalue weighted by atomic mass is 9.98. The molecule has 1 amide bonds. The molecule has 3 heterocycles. The zero-order chi connectivity index (χ0) is 20.4. The summed E-state index contributed by atoms with van der Waals surface area (Å²) < 4.78 is 11.1. The van der Waals surface area contributed by atoms with Crippen molar-refractivity contribution < 1.29 is 24.2 Å². The topological polar surface area (TPSA) is 89.0 Å². The SMILES string of the molecule is CCCCN1C(=O)C(=O)/C(=C(\O)c2ccc3c(c2)OCCO3)C1c1ccccn1. The molecule has 0 aliphatic carbocycles. The Morgan fingerprint density at radius 2 is 1.97 bits per heavy atom. The van der Waals surface area contributed by atoms with Crippen LogP contribution in [0, 0.1) is 0 Å². The van der Waals surface area contributed by atoms with Crippen molar-refractivity contribution in [2.45, 2.75) is 25.8 Å². The maximum Gasteiger partial charge on any atom is 0.295 e. The van der Waals surface area contributed by atoms with Crippen molar-refractivity contribution in [3.63, 3.8) is 0 Å². The lowest BCUT2D eigenvalue weighted by molar-refractivity contribution is -0.140. The zero-order valence-electron chi connectivity index (χ0n) is 16.1. The number of nitrogens with zero attached hydrogens (tertiary/aromatic N) is 2. The number of amides is 1. The van der Waals surface area contributed by atoms with E-state index in [0.717, 1.165) is 12.8 Å². The quantitative estimate of drug-likeness (QED) is 0.476. The number of aromatic nitrogens is 1. The van der Waals surface area contributed by atoms with Crippen LogP contribution in [0.1, 0.15) is 37.1 Å². The Bertz CT molecular complexity index is 970. The van der Waals surface area contributed by atoms with Crippen LogP contribution in [0.25, 0.3) is 5.76 Å². The number of pyridine rings is 1. The number of ether oxygens (including phenoxy) is 2. The highest BCUT2D eigenvalue weighted by atomic mass is 16.6. The lowest BCUT2D eigenvalue weighted by Gasteiger charge is -2.24. The highest BCUT2D eigenvalue weighted by molar-refractivity contribution is 6.46. The van der Waals surface area contributed by atoms with Crippen molar-refractivity contribution in [2.24, 2.45) is 0 Å². The summed E-state index contributed by atoms with van der Waals surface area (Å²) in [7, 11) is 0. The van der Waals surface area contributed by atoms with Crippen molar-refractivity contribution in [2.75, 3.05) is 19.8 Å². The molecule has 2 aliphatic rings. The number of hydrogen-bond donors (Lipinski definition) is 1. The number of unbranched alkanes of at least 4 members (excludes halogenated alkanes) is 1. The summed E-state index contributed by atoms with van der Waals surface area (Å²) in [5, 5.41) is 11.0. The molecule has 1 aromatic heterocycles. The van der Waals surface area contributed by atoms with Gasteiger partial charge in [0.25, 0.3) is 11.7 Å². The van der Waals surface area contributed by atoms with E-state index in [4.69, 9.17) is 9.47 Å². The first kappa shape index (κ1) is 19.0. The molecule has 0 bridgehead atoms. The van der Waals surface area contributed by atoms with Crippen LogP contribution in [0.5, 0.6) is 11.5 Å². The van der Waals surface area contributed by atoms with Crippen molar-refractivity contribution in [1.82, 2.24) is 9.88 Å². The van der Waals surface area contributed by atoms with Gasteiger partial charge in [-0.2, -0.15) is 0 Å². The number of ketones is 1. The maximum absolute atomic E-state index is 12.9. The van der Waals surface area contributed by atoms with Crippen molar-refractivity contribution in [1.29, 1.82) is 0 Å². The first-order valence-electron chi connectivity index (χ1n) is 9.71. The number of benzene rings is 1. The summed E-state index contributed by atoms with van der Waals surface area (Å²) in [5.74, 6) is -0.486. The van der Waals surface area contributed by atoms with E-state index in [1.807, 2.05) is 6.92 Å². The molecule has 2 aliphatic heterocycles. The summed E-state index contributed by atoms with van der Waals surface area (Å²) in [5.41, 5.74) is 0.979. The first-order chi connectivity index (χ1) is 14.1. The fourth-order valence-electron chi connectivity index (χ4n) is 3.63. The van der Waals surface area contributed by atoms with Crippen molar-refractivity contribution >= 4 is 17.4 Å². The van der Waals surface area contributed by atoms with Crippen LogP contribution in [-0.4, -0.2) is 46.4 Å². The fourth-order valence-corrected chi connectivity index (χ4v) is 3.63. The molecule has 1 saturated heterocycles. The van der Waals surface area contributed by atoms with Gasteiger partial charge in [0.15, 0.2) is 11.5 Å². The number of aliphatic hydroxyl groups excluding tert-OH is 1. The molecule has 0 saturated carbocycles. The number of carbonyl (C=O) groups is 2. The van der Waals surface area contributed by atoms with Crippen molar-refractivity contribution in [3.8, 4) is 11.5 Å². The molecule has 0 radical (unpaired) electrons. The van der Waals surface area contributed by atoms with Crippen LogP contribution in [-0.2, 0) is 9.59 Å². The van der Waals surface area contributed by atoms with E-state index in [1.54, 1.807) is 42.6 Å². The van der Waals surface area contributed by atoms with Gasteiger partial charge in [-0.15, -0.1) is 0 Å². The number of carbonyl (C=O) groups excluding carboxylic acids is 2. The minimum atomic E-state index is -0.726. The Labute approximate surface area is 168 Å². The average Bonchev–Trinajstić information content (AvgIpc) is 3.02. The van der Waals surface area contributed by atoms with Crippen molar-refractivity contribution in [3.05, 3.63) is 59.4 Å². The molecule has 7 heteroatoms. The third-order valence-electron chi connectivity index (χ3n) is 5.08. The van der Waals surface area contributed by atoms with E-state index in [1.165, 1.54) is 4.90 Å². The Morgan fingerprint density at radius 3 is 2.69 bits per heavy atom. The maximum atomic E-state index is 12.9. The van der Waals surface area contributed by atoms with E-state index in [0.29, 0.717) is 42.5 Å². The predicted molar refractivity (Wildman–Crippen MR) is 106 cm³/mol. The number of Topliss-reactive ketones (excluding diaryl/α,β-unsaturated/α-hetero) is 1. The van der Waals surface area contributed by atoms with Crippen LogP contribution in [0.3, 0.4) is 0 Å². The second-order valence-electron chi connectivity index (χ2n) is 6.96. The molecule has 1 aromatic carbocycles. The highest BCUT2D eigenvalue weighted by Gasteiger charge is 2.46. The molecule has 2 aromatic rings. The molecule has 1 atom stereocenters. The van der Waals surface area contributed by atoms with Gasteiger partial charge in [0, 0.05) is 18.3 Å². The molecule has 29 heavy (non-hydrogen) atoms. The van der Waals surface area contributed by atoms with Crippen LogP contribution < -0.4 is 9.47 Å². The van der Waals surface area contributed by atoms with Crippen LogP contribution in [0.15, 0.2) is 48.2 Å². The molecule has 0 spiro atoms. The average molecular weight is 394 g/mol. The number of aliphatic hydroxyl groups is 1. The molecule has 1 fully saturated rings. The summed E-state index contributed by atoms with van der Waals surface area (Å²) >= 11 is 0. The van der Waals surface area contributed by atoms with Gasteiger partial charge in [-0.05, 0) is 36.8 Å². The molecular weight excluding hydrogens is 372 g/mol. The minimum absolute atomic E-state index is 0.0430. The van der Waals surface area contributed by atoms with E-state index in [2.05, 4.69) is 4.98 Å². The second kappa shape index (κ2) is 7.95. The molecule has 7 nitrogen and oxygen atoms in total. The molecular formula is C22H22N2O5. The predicted octanol–water partition coefficient (Wildman–Crippen LogP) is 3.07.